The van der Waals surface area contributed by atoms with Crippen molar-refractivity contribution in [2.75, 3.05) is 6.26 Å². The summed E-state index contributed by atoms with van der Waals surface area (Å²) in [5, 5.41) is 0. The smallest absolute Gasteiger partial charge is 0.212 e. The van der Waals surface area contributed by atoms with Crippen molar-refractivity contribution in [3.8, 4) is 0 Å². The van der Waals surface area contributed by atoms with Gasteiger partial charge >= 0.3 is 0 Å². The fourth-order valence-electron chi connectivity index (χ4n) is 3.45. The van der Waals surface area contributed by atoms with E-state index in [4.69, 9.17) is 0 Å². The number of allylic oxidation sites excluding steroid dienone is 2. The minimum atomic E-state index is -3.44. The summed E-state index contributed by atoms with van der Waals surface area (Å²) >= 11 is 0. The molecule has 2 atom stereocenters. The number of benzene rings is 1. The second kappa shape index (κ2) is 5.48. The number of fused-ring (bicyclic) bond motifs is 1. The van der Waals surface area contributed by atoms with E-state index in [0.29, 0.717) is 18.4 Å². The average Bonchev–Trinajstić information content (AvgIpc) is 2.87. The molecule has 4 nitrogen and oxygen atoms in total. The molecule has 22 heavy (non-hydrogen) atoms. The van der Waals surface area contributed by atoms with Gasteiger partial charge in [-0.2, -0.15) is 4.31 Å². The highest BCUT2D eigenvalue weighted by Crippen LogP contribution is 2.45. The van der Waals surface area contributed by atoms with Crippen LogP contribution in [0.1, 0.15) is 31.4 Å². The summed E-state index contributed by atoms with van der Waals surface area (Å²) < 4.78 is 26.3. The van der Waals surface area contributed by atoms with E-state index in [2.05, 4.69) is 6.08 Å². The van der Waals surface area contributed by atoms with Gasteiger partial charge in [0.1, 0.15) is 0 Å². The summed E-state index contributed by atoms with van der Waals surface area (Å²) in [5.74, 6) is -0.0574. The van der Waals surface area contributed by atoms with Gasteiger partial charge in [0.15, 0.2) is 5.78 Å². The topological polar surface area (TPSA) is 54.5 Å². The molecule has 1 aliphatic carbocycles. The van der Waals surface area contributed by atoms with Crippen LogP contribution in [0.3, 0.4) is 0 Å². The predicted molar refractivity (Wildman–Crippen MR) is 85.7 cm³/mol. The van der Waals surface area contributed by atoms with Crippen LogP contribution in [-0.4, -0.2) is 30.8 Å². The zero-order chi connectivity index (χ0) is 15.9. The minimum Gasteiger partial charge on any atom is -0.295 e. The molecule has 0 spiro atoms. The molecule has 0 saturated carbocycles. The maximum atomic E-state index is 12.4. The molecule has 1 aliphatic heterocycles. The first kappa shape index (κ1) is 15.2. The second-order valence-corrected chi connectivity index (χ2v) is 7.74. The lowest BCUT2D eigenvalue weighted by Crippen LogP contribution is -2.40. The predicted octanol–water partition coefficient (Wildman–Crippen LogP) is 2.61. The number of hydrogen-bond acceptors (Lipinski definition) is 3. The van der Waals surface area contributed by atoms with Crippen LogP contribution < -0.4 is 0 Å². The average molecular weight is 317 g/mol. The highest BCUT2D eigenvalue weighted by Gasteiger charge is 2.46. The first-order valence-electron chi connectivity index (χ1n) is 7.33. The summed E-state index contributed by atoms with van der Waals surface area (Å²) in [6.07, 6.45) is 6.46. The second-order valence-electron chi connectivity index (χ2n) is 5.86. The third-order valence-corrected chi connectivity index (χ3v) is 5.56. The lowest BCUT2D eigenvalue weighted by atomic mass is 9.91. The van der Waals surface area contributed by atoms with Gasteiger partial charge in [0.25, 0.3) is 0 Å². The van der Waals surface area contributed by atoms with E-state index < -0.39 is 16.1 Å². The van der Waals surface area contributed by atoms with Gasteiger partial charge < -0.3 is 0 Å². The van der Waals surface area contributed by atoms with Crippen LogP contribution in [0.2, 0.25) is 0 Å². The molecule has 0 radical (unpaired) electrons. The van der Waals surface area contributed by atoms with E-state index >= 15 is 0 Å². The van der Waals surface area contributed by atoms with Gasteiger partial charge in [0.2, 0.25) is 10.0 Å². The van der Waals surface area contributed by atoms with E-state index in [9.17, 15) is 13.2 Å². The minimum absolute atomic E-state index is 0.0574. The normalized spacial score (nSPS) is 25.4. The van der Waals surface area contributed by atoms with E-state index in [1.165, 1.54) is 17.5 Å². The maximum absolute atomic E-state index is 12.4. The summed E-state index contributed by atoms with van der Waals surface area (Å²) in [6.45, 7) is 1.51. The first-order chi connectivity index (χ1) is 10.4. The number of carbonyl (C=O) groups is 1. The maximum Gasteiger partial charge on any atom is 0.212 e. The highest BCUT2D eigenvalue weighted by atomic mass is 32.2. The number of hydrogen-bond donors (Lipinski definition) is 0. The number of Topliss-reactive ketones (excluding diaryl/α,β-unsaturated/α-hetero) is 1. The summed E-state index contributed by atoms with van der Waals surface area (Å²) in [6, 6.07) is 8.94. The molecule has 1 aromatic rings. The standard InChI is InChI=1S/C17H19NO3S/c1-12(19)15-10-6-9-14-11-16(13-7-4-3-5-8-13)18(17(14)15)22(2,20)21/h3-5,7-10,16-17H,6,11H2,1-2H3/t16-,17-/m1/s1. The Morgan fingerprint density at radius 1 is 1.18 bits per heavy atom. The number of nitrogens with zero attached hydrogens (tertiary/aromatic N) is 1. The Kier molecular flexibility index (Phi) is 3.78. The molecule has 2 aliphatic rings. The van der Waals surface area contributed by atoms with E-state index in [1.807, 2.05) is 36.4 Å². The van der Waals surface area contributed by atoms with Crippen LogP contribution in [0.25, 0.3) is 0 Å². The molecule has 1 fully saturated rings. The summed E-state index contributed by atoms with van der Waals surface area (Å²) in [5.41, 5.74) is 2.60. The van der Waals surface area contributed by atoms with Crippen molar-refractivity contribution in [1.82, 2.24) is 4.31 Å². The molecule has 0 unspecified atom stereocenters. The van der Waals surface area contributed by atoms with Crippen molar-refractivity contribution >= 4 is 15.8 Å². The Hall–Kier alpha value is -1.72. The fraction of sp³-hybridized carbons (Fsp3) is 0.353. The van der Waals surface area contributed by atoms with Gasteiger partial charge in [0.05, 0.1) is 18.3 Å². The molecule has 0 bridgehead atoms. The van der Waals surface area contributed by atoms with Gasteiger partial charge in [-0.3, -0.25) is 4.79 Å². The Morgan fingerprint density at radius 2 is 1.86 bits per heavy atom. The van der Waals surface area contributed by atoms with Crippen LogP contribution in [0, 0.1) is 0 Å². The van der Waals surface area contributed by atoms with Gasteiger partial charge in [-0.15, -0.1) is 0 Å². The number of ketones is 1. The molecule has 5 heteroatoms. The van der Waals surface area contributed by atoms with Gasteiger partial charge in [-0.1, -0.05) is 42.5 Å². The SMILES string of the molecule is CC(=O)C1=CCC=C2C[C@H](c3ccccc3)N(S(C)(=O)=O)[C@H]21. The van der Waals surface area contributed by atoms with Crippen LogP contribution in [0.4, 0.5) is 0 Å². The largest absolute Gasteiger partial charge is 0.295 e. The Bertz CT molecular complexity index is 762. The van der Waals surface area contributed by atoms with Crippen molar-refractivity contribution in [2.45, 2.75) is 31.8 Å². The third kappa shape index (κ3) is 2.55. The van der Waals surface area contributed by atoms with Gasteiger partial charge in [-0.05, 0) is 30.9 Å². The van der Waals surface area contributed by atoms with Crippen LogP contribution in [0.15, 0.2) is 53.6 Å². The van der Waals surface area contributed by atoms with Crippen LogP contribution in [0.5, 0.6) is 0 Å². The zero-order valence-corrected chi connectivity index (χ0v) is 13.5. The highest BCUT2D eigenvalue weighted by molar-refractivity contribution is 7.88. The van der Waals surface area contributed by atoms with Gasteiger partial charge in [-0.25, -0.2) is 8.42 Å². The fourth-order valence-corrected chi connectivity index (χ4v) is 4.74. The Labute approximate surface area is 131 Å². The number of rotatable bonds is 3. The number of carbonyl (C=O) groups excluding carboxylic acids is 1. The summed E-state index contributed by atoms with van der Waals surface area (Å²) in [4.78, 5) is 11.9. The van der Waals surface area contributed by atoms with E-state index in [1.54, 1.807) is 0 Å². The van der Waals surface area contributed by atoms with E-state index in [0.717, 1.165) is 11.1 Å². The Balaban J connectivity index is 2.12. The lowest BCUT2D eigenvalue weighted by molar-refractivity contribution is -0.114. The molecule has 0 amide bonds. The van der Waals surface area contributed by atoms with Crippen LogP contribution >= 0.6 is 0 Å². The lowest BCUT2D eigenvalue weighted by Gasteiger charge is -2.30. The Morgan fingerprint density at radius 3 is 2.45 bits per heavy atom. The summed E-state index contributed by atoms with van der Waals surface area (Å²) in [7, 11) is -3.44. The molecule has 0 N–H and O–H groups in total. The quantitative estimate of drug-likeness (QED) is 0.805. The third-order valence-electron chi connectivity index (χ3n) is 4.33. The zero-order valence-electron chi connectivity index (χ0n) is 12.7. The van der Waals surface area contributed by atoms with Crippen molar-refractivity contribution < 1.29 is 13.2 Å². The van der Waals surface area contributed by atoms with Crippen LogP contribution in [-0.2, 0) is 14.8 Å². The first-order valence-corrected chi connectivity index (χ1v) is 9.18. The van der Waals surface area contributed by atoms with E-state index in [-0.39, 0.29) is 11.8 Å². The molecule has 0 aromatic heterocycles. The van der Waals surface area contributed by atoms with Crippen molar-refractivity contribution in [1.29, 1.82) is 0 Å². The van der Waals surface area contributed by atoms with Gasteiger partial charge in [0, 0.05) is 5.57 Å². The van der Waals surface area contributed by atoms with Crippen molar-refractivity contribution in [2.24, 2.45) is 0 Å². The molecular formula is C17H19NO3S. The molecule has 3 rings (SSSR count). The molecule has 1 heterocycles. The van der Waals surface area contributed by atoms with Crippen molar-refractivity contribution in [3.63, 3.8) is 0 Å². The molecule has 116 valence electrons. The molecule has 1 aromatic carbocycles. The monoisotopic (exact) mass is 317 g/mol. The molecule has 1 saturated heterocycles. The molecular weight excluding hydrogens is 298 g/mol. The van der Waals surface area contributed by atoms with Crippen molar-refractivity contribution in [3.05, 3.63) is 59.2 Å². The number of sulfonamides is 1.